The number of aliphatic hydroxyl groups is 1. The average Bonchev–Trinajstić information content (AvgIpc) is 3.31. The molecule has 0 spiro atoms. The normalized spacial score (nSPS) is 27.3. The Labute approximate surface area is 213 Å². The number of carbonyl (C=O) groups excluding carboxylic acids is 2. The van der Waals surface area contributed by atoms with E-state index in [1.54, 1.807) is 6.92 Å². The van der Waals surface area contributed by atoms with Gasteiger partial charge in [-0.25, -0.2) is 4.98 Å². The number of likely N-dealkylation sites (N-methyl/N-ethyl adjacent to an activating group) is 2. The zero-order valence-electron chi connectivity index (χ0n) is 20.6. The maximum atomic E-state index is 12.6. The molecule has 5 rings (SSSR count). The maximum Gasteiger partial charge on any atom is 0.235 e. The van der Waals surface area contributed by atoms with Gasteiger partial charge in [0.15, 0.2) is 4.34 Å². The van der Waals surface area contributed by atoms with Crippen molar-refractivity contribution in [3.63, 3.8) is 0 Å². The van der Waals surface area contributed by atoms with Gasteiger partial charge in [0.1, 0.15) is 0 Å². The zero-order chi connectivity index (χ0) is 25.1. The van der Waals surface area contributed by atoms with Gasteiger partial charge >= 0.3 is 0 Å². The van der Waals surface area contributed by atoms with E-state index >= 15 is 0 Å². The summed E-state index contributed by atoms with van der Waals surface area (Å²) in [5.74, 6) is -2.50. The smallest absolute Gasteiger partial charge is 0.235 e. The second-order valence-electron chi connectivity index (χ2n) is 10.5. The number of β-lactam (4-membered cyclic amide) rings is 1. The lowest BCUT2D eigenvalue weighted by atomic mass is 9.79. The number of fused-ring (bicyclic) bond motifs is 2. The minimum Gasteiger partial charge on any atom is -0.543 e. The molecule has 4 heterocycles. The number of rotatable bonds is 7. The highest BCUT2D eigenvalue weighted by molar-refractivity contribution is 8.04. The summed E-state index contributed by atoms with van der Waals surface area (Å²) in [5.41, 5.74) is 2.10. The van der Waals surface area contributed by atoms with Crippen LogP contribution in [0.3, 0.4) is 0 Å². The van der Waals surface area contributed by atoms with Crippen LogP contribution >= 0.6 is 23.1 Å². The molecule has 10 heteroatoms. The molecule has 1 aromatic carbocycles. The Hall–Kier alpha value is -1.98. The number of thiazole rings is 1. The van der Waals surface area contributed by atoms with Crippen molar-refractivity contribution >= 4 is 45.2 Å². The molecule has 3 aliphatic rings. The number of aliphatic carboxylic acids is 1. The van der Waals surface area contributed by atoms with E-state index < -0.39 is 18.0 Å². The highest BCUT2D eigenvalue weighted by atomic mass is 32.2. The standard InChI is InChI=1S/C25H32N4O4S2/c1-14-20-19(15(2)30)23(31)28(20)21(24(32)33)22(14)35-25-26-17-13-16(5-6-18(17)34-25)7-10-29(4)11-8-27(3)9-12-29/h5-6,13-15,19-20,30H,7-12H2,1-4H3/t14-,15-,19-,20-/m1/s1. The van der Waals surface area contributed by atoms with Gasteiger partial charge < -0.3 is 24.4 Å². The number of carboxylic acid groups (broad SMARTS) is 1. The number of nitrogens with zero attached hydrogens (tertiary/aromatic N) is 4. The summed E-state index contributed by atoms with van der Waals surface area (Å²) in [6.45, 7) is 9.18. The van der Waals surface area contributed by atoms with E-state index in [2.05, 4.69) is 37.2 Å². The van der Waals surface area contributed by atoms with Crippen molar-refractivity contribution in [1.29, 1.82) is 0 Å². The minimum absolute atomic E-state index is 0.0708. The van der Waals surface area contributed by atoms with Crippen molar-refractivity contribution in [3.05, 3.63) is 34.4 Å². The number of aromatic nitrogens is 1. The fraction of sp³-hybridized carbons (Fsp3) is 0.560. The number of hydrogen-bond donors (Lipinski definition) is 1. The van der Waals surface area contributed by atoms with E-state index in [0.29, 0.717) is 4.91 Å². The molecule has 1 aromatic heterocycles. The van der Waals surface area contributed by atoms with Crippen LogP contribution in [0.5, 0.6) is 0 Å². The van der Waals surface area contributed by atoms with E-state index in [1.165, 1.54) is 46.7 Å². The van der Waals surface area contributed by atoms with Crippen LogP contribution in [-0.2, 0) is 16.0 Å². The molecule has 2 saturated heterocycles. The molecule has 1 N–H and O–H groups in total. The molecule has 0 radical (unpaired) electrons. The number of amides is 1. The molecule has 188 valence electrons. The number of carboxylic acids is 1. The average molecular weight is 517 g/mol. The van der Waals surface area contributed by atoms with Crippen LogP contribution in [0.4, 0.5) is 0 Å². The monoisotopic (exact) mass is 516 g/mol. The quantitative estimate of drug-likeness (QED) is 0.436. The summed E-state index contributed by atoms with van der Waals surface area (Å²) in [4.78, 5) is 33.6. The van der Waals surface area contributed by atoms with Crippen LogP contribution in [0.25, 0.3) is 10.2 Å². The van der Waals surface area contributed by atoms with E-state index in [0.717, 1.165) is 45.1 Å². The summed E-state index contributed by atoms with van der Waals surface area (Å²) in [6, 6.07) is 6.06. The van der Waals surface area contributed by atoms with Gasteiger partial charge in [-0.05, 0) is 31.7 Å². The molecule has 0 saturated carbocycles. The number of carbonyl (C=O) groups is 2. The van der Waals surface area contributed by atoms with Crippen LogP contribution in [0.2, 0.25) is 0 Å². The molecule has 0 unspecified atom stereocenters. The largest absolute Gasteiger partial charge is 0.543 e. The predicted molar refractivity (Wildman–Crippen MR) is 134 cm³/mol. The first-order chi connectivity index (χ1) is 16.6. The van der Waals surface area contributed by atoms with Gasteiger partial charge in [-0.3, -0.25) is 9.69 Å². The summed E-state index contributed by atoms with van der Waals surface area (Å²) in [5, 5.41) is 22.0. The van der Waals surface area contributed by atoms with Crippen molar-refractivity contribution in [2.24, 2.45) is 11.8 Å². The molecule has 8 nitrogen and oxygen atoms in total. The van der Waals surface area contributed by atoms with Gasteiger partial charge in [-0.15, -0.1) is 11.3 Å². The Morgan fingerprint density at radius 1 is 1.37 bits per heavy atom. The maximum absolute atomic E-state index is 12.6. The fourth-order valence-corrected chi connectivity index (χ4v) is 7.88. The molecule has 4 atom stereocenters. The predicted octanol–water partition coefficient (Wildman–Crippen LogP) is 1.14. The second-order valence-corrected chi connectivity index (χ2v) is 12.8. The fourth-order valence-electron chi connectivity index (χ4n) is 5.56. The zero-order valence-corrected chi connectivity index (χ0v) is 22.2. The van der Waals surface area contributed by atoms with Crippen LogP contribution in [-0.4, -0.2) is 95.2 Å². The third-order valence-electron chi connectivity index (χ3n) is 7.91. The van der Waals surface area contributed by atoms with E-state index in [-0.39, 0.29) is 23.6 Å². The SMILES string of the molecule is C[C@@H](O)[C@H]1C(=O)N2C(C(=O)[O-])=C(Sc3nc4cc(CC[N+]5(C)CCN(C)CC5)ccc4s3)[C@H](C)[C@H]12. The van der Waals surface area contributed by atoms with Crippen molar-refractivity contribution in [1.82, 2.24) is 14.8 Å². The van der Waals surface area contributed by atoms with Gasteiger partial charge in [-0.2, -0.15) is 0 Å². The first-order valence-corrected chi connectivity index (χ1v) is 13.8. The second kappa shape index (κ2) is 9.15. The molecule has 1 amide bonds. The van der Waals surface area contributed by atoms with Crippen LogP contribution in [0.15, 0.2) is 33.1 Å². The number of benzene rings is 1. The lowest BCUT2D eigenvalue weighted by molar-refractivity contribution is -0.913. The summed E-state index contributed by atoms with van der Waals surface area (Å²) in [6.07, 6.45) is 0.168. The number of hydrogen-bond acceptors (Lipinski definition) is 8. The number of thioether (sulfide) groups is 1. The molecule has 2 fully saturated rings. The van der Waals surface area contributed by atoms with Crippen molar-refractivity contribution < 1.29 is 24.3 Å². The van der Waals surface area contributed by atoms with Crippen molar-refractivity contribution in [2.75, 3.05) is 46.8 Å². The molecule has 3 aliphatic heterocycles. The van der Waals surface area contributed by atoms with E-state index in [4.69, 9.17) is 4.98 Å². The Kier molecular flexibility index (Phi) is 6.46. The third-order valence-corrected chi connectivity index (χ3v) is 10.3. The highest BCUT2D eigenvalue weighted by Crippen LogP contribution is 2.52. The third kappa shape index (κ3) is 4.40. The van der Waals surface area contributed by atoms with Gasteiger partial charge in [0.2, 0.25) is 5.91 Å². The van der Waals surface area contributed by atoms with Gasteiger partial charge in [0.25, 0.3) is 0 Å². The topological polar surface area (TPSA) is 96.8 Å². The molecule has 2 aromatic rings. The summed E-state index contributed by atoms with van der Waals surface area (Å²) < 4.78 is 2.89. The molecule has 0 bridgehead atoms. The molecule has 0 aliphatic carbocycles. The Bertz CT molecular complexity index is 1200. The summed E-state index contributed by atoms with van der Waals surface area (Å²) in [7, 11) is 4.52. The van der Waals surface area contributed by atoms with Gasteiger partial charge in [0.05, 0.1) is 66.6 Å². The lowest BCUT2D eigenvalue weighted by Crippen LogP contribution is -2.64. The van der Waals surface area contributed by atoms with Crippen LogP contribution < -0.4 is 5.11 Å². The summed E-state index contributed by atoms with van der Waals surface area (Å²) >= 11 is 2.84. The van der Waals surface area contributed by atoms with E-state index in [9.17, 15) is 19.8 Å². The minimum atomic E-state index is -1.36. The number of aliphatic hydroxyl groups excluding tert-OH is 1. The van der Waals surface area contributed by atoms with E-state index in [1.807, 2.05) is 6.92 Å². The first kappa shape index (κ1) is 24.7. The number of quaternary nitrogens is 1. The lowest BCUT2D eigenvalue weighted by Gasteiger charge is -2.47. The highest BCUT2D eigenvalue weighted by Gasteiger charge is 2.58. The molecule has 35 heavy (non-hydrogen) atoms. The number of piperazine rings is 1. The van der Waals surface area contributed by atoms with Crippen LogP contribution in [0, 0.1) is 11.8 Å². The first-order valence-electron chi connectivity index (χ1n) is 12.1. The molecular formula is C25H32N4O4S2. The van der Waals surface area contributed by atoms with Gasteiger partial charge in [0, 0.05) is 30.3 Å². The Morgan fingerprint density at radius 3 is 2.74 bits per heavy atom. The Morgan fingerprint density at radius 2 is 2.09 bits per heavy atom. The van der Waals surface area contributed by atoms with Gasteiger partial charge in [-0.1, -0.05) is 24.8 Å². The molecular weight excluding hydrogens is 484 g/mol. The van der Waals surface area contributed by atoms with Crippen molar-refractivity contribution in [3.8, 4) is 0 Å². The van der Waals surface area contributed by atoms with Crippen molar-refractivity contribution in [2.45, 2.75) is 36.8 Å². The Balaban J connectivity index is 1.34. The van der Waals surface area contributed by atoms with Crippen LogP contribution in [0.1, 0.15) is 19.4 Å².